The number of aryl methyl sites for hydroxylation is 1. The Hall–Kier alpha value is -2.74. The molecule has 3 heterocycles. The van der Waals surface area contributed by atoms with Crippen LogP contribution in [0, 0.1) is 12.3 Å². The molecule has 1 saturated carbocycles. The molecule has 2 N–H and O–H groups in total. The maximum absolute atomic E-state index is 13.3. The average molecular weight is 368 g/mol. The van der Waals surface area contributed by atoms with E-state index in [9.17, 15) is 9.59 Å². The quantitative estimate of drug-likeness (QED) is 0.815. The highest BCUT2D eigenvalue weighted by molar-refractivity contribution is 5.98. The van der Waals surface area contributed by atoms with Gasteiger partial charge in [0.15, 0.2) is 0 Å². The average Bonchev–Trinajstić information content (AvgIpc) is 3.28. The standard InChI is InChI=1S/C19H24N6O2/c1-14-3-4-15(11-21-14)23-17(26)16-12-20-8-10-25(16)18(27)19(5-6-19)13-24-9-2-7-22-24/h2-4,7,9,11,16,20H,5-6,8,10,12-13H2,1H3,(H,23,26)/t16-/m1/s1. The van der Waals surface area contributed by atoms with Crippen molar-refractivity contribution in [3.63, 3.8) is 0 Å². The summed E-state index contributed by atoms with van der Waals surface area (Å²) < 4.78 is 1.81. The first-order chi connectivity index (χ1) is 13.1. The number of pyridine rings is 1. The largest absolute Gasteiger partial charge is 0.328 e. The van der Waals surface area contributed by atoms with Crippen LogP contribution >= 0.6 is 0 Å². The van der Waals surface area contributed by atoms with Crippen molar-refractivity contribution in [3.8, 4) is 0 Å². The topological polar surface area (TPSA) is 92.2 Å². The Kier molecular flexibility index (Phi) is 4.65. The number of nitrogens with zero attached hydrogens (tertiary/aromatic N) is 4. The molecular formula is C19H24N6O2. The molecule has 2 aromatic heterocycles. The summed E-state index contributed by atoms with van der Waals surface area (Å²) in [6.45, 7) is 4.14. The Morgan fingerprint density at radius 3 is 2.89 bits per heavy atom. The Morgan fingerprint density at radius 1 is 1.37 bits per heavy atom. The maximum Gasteiger partial charge on any atom is 0.248 e. The van der Waals surface area contributed by atoms with Crippen molar-refractivity contribution in [1.29, 1.82) is 0 Å². The van der Waals surface area contributed by atoms with Crippen LogP contribution in [0.1, 0.15) is 18.5 Å². The summed E-state index contributed by atoms with van der Waals surface area (Å²) in [6, 6.07) is 5.00. The number of carbonyl (C=O) groups excluding carboxylic acids is 2. The van der Waals surface area contributed by atoms with Crippen molar-refractivity contribution in [2.45, 2.75) is 32.4 Å². The number of amides is 2. The molecule has 142 valence electrons. The molecule has 2 amide bonds. The SMILES string of the molecule is Cc1ccc(NC(=O)[C@H]2CNCCN2C(=O)C2(Cn3cccn3)CC2)cn1. The van der Waals surface area contributed by atoms with Gasteiger partial charge in [-0.3, -0.25) is 19.3 Å². The van der Waals surface area contributed by atoms with Crippen LogP contribution < -0.4 is 10.6 Å². The van der Waals surface area contributed by atoms with Crippen molar-refractivity contribution in [2.24, 2.45) is 5.41 Å². The van der Waals surface area contributed by atoms with Crippen molar-refractivity contribution in [2.75, 3.05) is 25.0 Å². The number of nitrogens with one attached hydrogen (secondary N) is 2. The second-order valence-corrected chi connectivity index (χ2v) is 7.38. The minimum atomic E-state index is -0.525. The van der Waals surface area contributed by atoms with Gasteiger partial charge in [-0.25, -0.2) is 0 Å². The third-order valence-corrected chi connectivity index (χ3v) is 5.32. The van der Waals surface area contributed by atoms with Crippen LogP contribution in [0.5, 0.6) is 0 Å². The van der Waals surface area contributed by atoms with Crippen molar-refractivity contribution >= 4 is 17.5 Å². The molecule has 27 heavy (non-hydrogen) atoms. The Bertz CT molecular complexity index is 813. The predicted octanol–water partition coefficient (Wildman–Crippen LogP) is 0.806. The first-order valence-electron chi connectivity index (χ1n) is 9.30. The molecule has 1 saturated heterocycles. The molecule has 1 aliphatic carbocycles. The van der Waals surface area contributed by atoms with E-state index in [1.807, 2.05) is 31.3 Å². The lowest BCUT2D eigenvalue weighted by molar-refractivity contribution is -0.145. The lowest BCUT2D eigenvalue weighted by Crippen LogP contribution is -2.60. The molecule has 8 nitrogen and oxygen atoms in total. The lowest BCUT2D eigenvalue weighted by Gasteiger charge is -2.37. The van der Waals surface area contributed by atoms with Gasteiger partial charge in [-0.1, -0.05) is 0 Å². The summed E-state index contributed by atoms with van der Waals surface area (Å²) in [4.78, 5) is 32.1. The third kappa shape index (κ3) is 3.71. The molecule has 0 unspecified atom stereocenters. The number of hydrogen-bond donors (Lipinski definition) is 2. The van der Waals surface area contributed by atoms with Gasteiger partial charge in [-0.05, 0) is 38.0 Å². The van der Waals surface area contributed by atoms with Crippen LogP contribution in [0.15, 0.2) is 36.8 Å². The van der Waals surface area contributed by atoms with Crippen LogP contribution in [0.25, 0.3) is 0 Å². The Balaban J connectivity index is 1.47. The number of rotatable bonds is 5. The van der Waals surface area contributed by atoms with Crippen LogP contribution in [-0.2, 0) is 16.1 Å². The van der Waals surface area contributed by atoms with Gasteiger partial charge in [-0.15, -0.1) is 0 Å². The van der Waals surface area contributed by atoms with Gasteiger partial charge in [0.25, 0.3) is 0 Å². The Labute approximate surface area is 158 Å². The maximum atomic E-state index is 13.3. The summed E-state index contributed by atoms with van der Waals surface area (Å²) >= 11 is 0. The number of anilines is 1. The second-order valence-electron chi connectivity index (χ2n) is 7.38. The number of hydrogen-bond acceptors (Lipinski definition) is 5. The summed E-state index contributed by atoms with van der Waals surface area (Å²) in [7, 11) is 0. The summed E-state index contributed by atoms with van der Waals surface area (Å²) in [5, 5.41) is 10.3. The molecule has 0 spiro atoms. The molecule has 1 aliphatic heterocycles. The van der Waals surface area contributed by atoms with Gasteiger partial charge in [0.1, 0.15) is 6.04 Å². The van der Waals surface area contributed by atoms with Crippen LogP contribution in [0.3, 0.4) is 0 Å². The van der Waals surface area contributed by atoms with E-state index >= 15 is 0 Å². The van der Waals surface area contributed by atoms with Gasteiger partial charge >= 0.3 is 0 Å². The summed E-state index contributed by atoms with van der Waals surface area (Å²) in [5.74, 6) is -0.127. The summed E-state index contributed by atoms with van der Waals surface area (Å²) in [6.07, 6.45) is 6.91. The van der Waals surface area contributed by atoms with Crippen LogP contribution in [0.4, 0.5) is 5.69 Å². The zero-order valence-electron chi connectivity index (χ0n) is 15.4. The van der Waals surface area contributed by atoms with Gasteiger partial charge < -0.3 is 15.5 Å². The van der Waals surface area contributed by atoms with Crippen molar-refractivity contribution < 1.29 is 9.59 Å². The van der Waals surface area contributed by atoms with E-state index in [0.29, 0.717) is 31.9 Å². The first kappa shape index (κ1) is 17.7. The lowest BCUT2D eigenvalue weighted by atomic mass is 10.0. The fourth-order valence-electron chi connectivity index (χ4n) is 3.55. The molecule has 2 aliphatic rings. The highest BCUT2D eigenvalue weighted by Gasteiger charge is 2.53. The van der Waals surface area contributed by atoms with E-state index in [2.05, 4.69) is 20.7 Å². The van der Waals surface area contributed by atoms with Gasteiger partial charge in [0.2, 0.25) is 11.8 Å². The van der Waals surface area contributed by atoms with E-state index < -0.39 is 11.5 Å². The van der Waals surface area contributed by atoms with E-state index in [1.165, 1.54) is 0 Å². The number of piperazine rings is 1. The minimum absolute atomic E-state index is 0.0571. The molecule has 0 aromatic carbocycles. The minimum Gasteiger partial charge on any atom is -0.328 e. The first-order valence-corrected chi connectivity index (χ1v) is 9.30. The van der Waals surface area contributed by atoms with Crippen molar-refractivity contribution in [3.05, 3.63) is 42.5 Å². The smallest absolute Gasteiger partial charge is 0.248 e. The van der Waals surface area contributed by atoms with Gasteiger partial charge in [0.05, 0.1) is 23.8 Å². The Morgan fingerprint density at radius 2 is 2.22 bits per heavy atom. The second kappa shape index (κ2) is 7.11. The van der Waals surface area contributed by atoms with Crippen LogP contribution in [0.2, 0.25) is 0 Å². The molecular weight excluding hydrogens is 344 g/mol. The highest BCUT2D eigenvalue weighted by atomic mass is 16.2. The number of carbonyl (C=O) groups is 2. The highest BCUT2D eigenvalue weighted by Crippen LogP contribution is 2.49. The molecule has 1 atom stereocenters. The zero-order valence-corrected chi connectivity index (χ0v) is 15.4. The molecule has 2 fully saturated rings. The zero-order chi connectivity index (χ0) is 18.9. The van der Waals surface area contributed by atoms with E-state index in [1.54, 1.807) is 22.0 Å². The predicted molar refractivity (Wildman–Crippen MR) is 99.9 cm³/mol. The fourth-order valence-corrected chi connectivity index (χ4v) is 3.55. The van der Waals surface area contributed by atoms with Gasteiger partial charge in [0, 0.05) is 37.7 Å². The van der Waals surface area contributed by atoms with Crippen LogP contribution in [-0.4, -0.2) is 57.2 Å². The molecule has 0 bridgehead atoms. The van der Waals surface area contributed by atoms with Gasteiger partial charge in [-0.2, -0.15) is 5.10 Å². The van der Waals surface area contributed by atoms with E-state index in [-0.39, 0.29) is 11.8 Å². The van der Waals surface area contributed by atoms with E-state index in [4.69, 9.17) is 0 Å². The van der Waals surface area contributed by atoms with E-state index in [0.717, 1.165) is 18.5 Å². The van der Waals surface area contributed by atoms with Crippen molar-refractivity contribution in [1.82, 2.24) is 25.0 Å². The number of aromatic nitrogens is 3. The third-order valence-electron chi connectivity index (χ3n) is 5.32. The normalized spacial score (nSPS) is 20.9. The monoisotopic (exact) mass is 368 g/mol. The molecule has 8 heteroatoms. The molecule has 4 rings (SSSR count). The fraction of sp³-hybridized carbons (Fsp3) is 0.474. The summed E-state index contributed by atoms with van der Waals surface area (Å²) in [5.41, 5.74) is 1.10. The molecule has 2 aromatic rings. The molecule has 0 radical (unpaired) electrons.